The molecule has 5 nitrogen and oxygen atoms in total. The average Bonchev–Trinajstić information content (AvgIpc) is 2.73. The molecule has 0 aliphatic heterocycles. The van der Waals surface area contributed by atoms with E-state index in [0.29, 0.717) is 25.4 Å². The predicted molar refractivity (Wildman–Crippen MR) is 112 cm³/mol. The number of carbonyl (C=O) groups is 1. The highest BCUT2D eigenvalue weighted by Crippen LogP contribution is 2.18. The number of hydrogen-bond acceptors (Lipinski definition) is 4. The normalized spacial score (nSPS) is 10.5. The summed E-state index contributed by atoms with van der Waals surface area (Å²) in [6, 6.07) is 14.5. The number of rotatable bonds is 13. The van der Waals surface area contributed by atoms with E-state index >= 15 is 0 Å². The topological polar surface area (TPSA) is 56.8 Å². The molecule has 152 valence electrons. The Morgan fingerprint density at radius 3 is 2.07 bits per heavy atom. The van der Waals surface area contributed by atoms with Gasteiger partial charge in [0.2, 0.25) is 0 Å². The molecule has 0 unspecified atom stereocenters. The third kappa shape index (κ3) is 8.01. The standard InChI is InChI=1S/C23H31NO4/c1-3-5-6-7-16-27-22-14-10-20(11-15-22)24-23(25)19-8-12-21(13-9-19)28-18-17-26-4-2/h8-15H,3-7,16-18H2,1-2H3,(H,24,25). The Morgan fingerprint density at radius 2 is 1.43 bits per heavy atom. The minimum atomic E-state index is -0.158. The van der Waals surface area contributed by atoms with Crippen LogP contribution >= 0.6 is 0 Å². The zero-order valence-corrected chi connectivity index (χ0v) is 16.9. The largest absolute Gasteiger partial charge is 0.494 e. The van der Waals surface area contributed by atoms with Crippen LogP contribution in [0.1, 0.15) is 49.9 Å². The summed E-state index contributed by atoms with van der Waals surface area (Å²) in [7, 11) is 0. The quantitative estimate of drug-likeness (QED) is 0.475. The maximum Gasteiger partial charge on any atom is 0.255 e. The SMILES string of the molecule is CCCCCCOc1ccc(NC(=O)c2ccc(OCCOCC)cc2)cc1. The van der Waals surface area contributed by atoms with Gasteiger partial charge < -0.3 is 19.5 Å². The molecule has 0 spiro atoms. The van der Waals surface area contributed by atoms with E-state index in [0.717, 1.165) is 30.2 Å². The lowest BCUT2D eigenvalue weighted by Crippen LogP contribution is -2.12. The predicted octanol–water partition coefficient (Wildman–Crippen LogP) is 5.31. The summed E-state index contributed by atoms with van der Waals surface area (Å²) in [5, 5.41) is 2.89. The molecule has 5 heteroatoms. The van der Waals surface area contributed by atoms with Crippen LogP contribution in [0.5, 0.6) is 11.5 Å². The molecule has 0 heterocycles. The molecular formula is C23H31NO4. The molecule has 0 aromatic heterocycles. The number of benzene rings is 2. The summed E-state index contributed by atoms with van der Waals surface area (Å²) in [5.41, 5.74) is 1.31. The Kier molecular flexibility index (Phi) is 9.94. The lowest BCUT2D eigenvalue weighted by molar-refractivity contribution is 0.102. The smallest absolute Gasteiger partial charge is 0.255 e. The van der Waals surface area contributed by atoms with Gasteiger partial charge >= 0.3 is 0 Å². The van der Waals surface area contributed by atoms with Gasteiger partial charge in [-0.3, -0.25) is 4.79 Å². The van der Waals surface area contributed by atoms with Crippen molar-refractivity contribution in [2.24, 2.45) is 0 Å². The highest BCUT2D eigenvalue weighted by molar-refractivity contribution is 6.04. The van der Waals surface area contributed by atoms with Crippen LogP contribution in [0.4, 0.5) is 5.69 Å². The Hall–Kier alpha value is -2.53. The lowest BCUT2D eigenvalue weighted by atomic mass is 10.2. The minimum absolute atomic E-state index is 0.158. The van der Waals surface area contributed by atoms with Crippen molar-refractivity contribution in [3.05, 3.63) is 54.1 Å². The van der Waals surface area contributed by atoms with Crippen LogP contribution in [0.3, 0.4) is 0 Å². The molecule has 2 aromatic carbocycles. The molecular weight excluding hydrogens is 354 g/mol. The van der Waals surface area contributed by atoms with Crippen LogP contribution in [0.2, 0.25) is 0 Å². The fraction of sp³-hybridized carbons (Fsp3) is 0.435. The van der Waals surface area contributed by atoms with E-state index in [1.165, 1.54) is 19.3 Å². The molecule has 1 N–H and O–H groups in total. The number of hydrogen-bond donors (Lipinski definition) is 1. The van der Waals surface area contributed by atoms with E-state index in [4.69, 9.17) is 14.2 Å². The van der Waals surface area contributed by atoms with Gasteiger partial charge in [-0.25, -0.2) is 0 Å². The van der Waals surface area contributed by atoms with Crippen molar-refractivity contribution in [3.63, 3.8) is 0 Å². The number of nitrogens with one attached hydrogen (secondary N) is 1. The molecule has 0 saturated carbocycles. The Balaban J connectivity index is 1.77. The van der Waals surface area contributed by atoms with Crippen molar-refractivity contribution in [2.75, 3.05) is 31.7 Å². The van der Waals surface area contributed by atoms with Crippen LogP contribution in [0, 0.1) is 0 Å². The number of anilines is 1. The highest BCUT2D eigenvalue weighted by atomic mass is 16.5. The Labute approximate surface area is 168 Å². The third-order valence-corrected chi connectivity index (χ3v) is 4.20. The van der Waals surface area contributed by atoms with Gasteiger partial charge in [-0.1, -0.05) is 26.2 Å². The Bertz CT molecular complexity index is 683. The Morgan fingerprint density at radius 1 is 0.786 bits per heavy atom. The van der Waals surface area contributed by atoms with Gasteiger partial charge in [0.05, 0.1) is 13.2 Å². The fourth-order valence-electron chi connectivity index (χ4n) is 2.62. The summed E-state index contributed by atoms with van der Waals surface area (Å²) in [4.78, 5) is 12.4. The van der Waals surface area contributed by atoms with Gasteiger partial charge in [-0.05, 0) is 61.9 Å². The maximum absolute atomic E-state index is 12.4. The van der Waals surface area contributed by atoms with E-state index < -0.39 is 0 Å². The summed E-state index contributed by atoms with van der Waals surface area (Å²) >= 11 is 0. The van der Waals surface area contributed by atoms with Crippen molar-refractivity contribution in [3.8, 4) is 11.5 Å². The number of amides is 1. The first-order chi connectivity index (χ1) is 13.7. The molecule has 0 radical (unpaired) electrons. The number of unbranched alkanes of at least 4 members (excludes halogenated alkanes) is 3. The average molecular weight is 386 g/mol. The zero-order chi connectivity index (χ0) is 20.0. The summed E-state index contributed by atoms with van der Waals surface area (Å²) < 4.78 is 16.5. The first kappa shape index (κ1) is 21.8. The fourth-order valence-corrected chi connectivity index (χ4v) is 2.62. The molecule has 0 bridgehead atoms. The monoisotopic (exact) mass is 385 g/mol. The molecule has 0 fully saturated rings. The van der Waals surface area contributed by atoms with E-state index in [9.17, 15) is 4.79 Å². The molecule has 28 heavy (non-hydrogen) atoms. The summed E-state index contributed by atoms with van der Waals surface area (Å²) in [6.07, 6.45) is 4.73. The molecule has 1 amide bonds. The molecule has 0 aliphatic carbocycles. The molecule has 2 aromatic rings. The number of carbonyl (C=O) groups excluding carboxylic acids is 1. The van der Waals surface area contributed by atoms with Crippen LogP contribution in [-0.2, 0) is 4.74 Å². The van der Waals surface area contributed by atoms with E-state index in [-0.39, 0.29) is 5.91 Å². The second-order valence-corrected chi connectivity index (χ2v) is 6.46. The highest BCUT2D eigenvalue weighted by Gasteiger charge is 2.07. The maximum atomic E-state index is 12.4. The first-order valence-corrected chi connectivity index (χ1v) is 10.1. The third-order valence-electron chi connectivity index (χ3n) is 4.20. The van der Waals surface area contributed by atoms with E-state index in [2.05, 4.69) is 12.2 Å². The van der Waals surface area contributed by atoms with Crippen LogP contribution in [-0.4, -0.2) is 32.3 Å². The van der Waals surface area contributed by atoms with Gasteiger partial charge in [0.1, 0.15) is 18.1 Å². The van der Waals surface area contributed by atoms with E-state index in [1.54, 1.807) is 24.3 Å². The minimum Gasteiger partial charge on any atom is -0.494 e. The second-order valence-electron chi connectivity index (χ2n) is 6.46. The molecule has 0 aliphatic rings. The van der Waals surface area contributed by atoms with Gasteiger partial charge in [-0.15, -0.1) is 0 Å². The second kappa shape index (κ2) is 12.8. The van der Waals surface area contributed by atoms with Gasteiger partial charge in [0.15, 0.2) is 0 Å². The summed E-state index contributed by atoms with van der Waals surface area (Å²) in [5.74, 6) is 1.38. The van der Waals surface area contributed by atoms with Crippen LogP contribution in [0.15, 0.2) is 48.5 Å². The first-order valence-electron chi connectivity index (χ1n) is 10.1. The van der Waals surface area contributed by atoms with Crippen molar-refractivity contribution in [1.82, 2.24) is 0 Å². The van der Waals surface area contributed by atoms with E-state index in [1.807, 2.05) is 31.2 Å². The van der Waals surface area contributed by atoms with Crippen molar-refractivity contribution in [2.45, 2.75) is 39.5 Å². The summed E-state index contributed by atoms with van der Waals surface area (Å²) in [6.45, 7) is 6.59. The molecule has 0 saturated heterocycles. The number of ether oxygens (including phenoxy) is 3. The van der Waals surface area contributed by atoms with Crippen molar-refractivity contribution < 1.29 is 19.0 Å². The van der Waals surface area contributed by atoms with Gasteiger partial charge in [0, 0.05) is 17.9 Å². The molecule has 0 atom stereocenters. The van der Waals surface area contributed by atoms with Crippen molar-refractivity contribution in [1.29, 1.82) is 0 Å². The zero-order valence-electron chi connectivity index (χ0n) is 16.9. The van der Waals surface area contributed by atoms with Crippen LogP contribution < -0.4 is 14.8 Å². The van der Waals surface area contributed by atoms with Gasteiger partial charge in [-0.2, -0.15) is 0 Å². The van der Waals surface area contributed by atoms with Crippen molar-refractivity contribution >= 4 is 11.6 Å². The molecule has 2 rings (SSSR count). The lowest BCUT2D eigenvalue weighted by Gasteiger charge is -2.09. The van der Waals surface area contributed by atoms with Crippen LogP contribution in [0.25, 0.3) is 0 Å². The van der Waals surface area contributed by atoms with Gasteiger partial charge in [0.25, 0.3) is 5.91 Å².